The average molecular weight is 477 g/mol. The van der Waals surface area contributed by atoms with Crippen LogP contribution in [0.25, 0.3) is 11.3 Å². The van der Waals surface area contributed by atoms with Gasteiger partial charge in [0.25, 0.3) is 5.91 Å². The third-order valence-corrected chi connectivity index (χ3v) is 5.73. The monoisotopic (exact) mass is 476 g/mol. The topological polar surface area (TPSA) is 142 Å². The van der Waals surface area contributed by atoms with Crippen LogP contribution in [0, 0.1) is 18.3 Å². The molecule has 0 unspecified atom stereocenters. The summed E-state index contributed by atoms with van der Waals surface area (Å²) in [7, 11) is 3.60. The normalized spacial score (nSPS) is 16.1. The minimum atomic E-state index is -0.710. The van der Waals surface area contributed by atoms with Gasteiger partial charge in [-0.25, -0.2) is 9.97 Å². The second-order valence-corrected chi connectivity index (χ2v) is 8.47. The molecular weight excluding hydrogens is 444 g/mol. The molecule has 3 rings (SSSR count). The van der Waals surface area contributed by atoms with Crippen LogP contribution in [0.2, 0.25) is 0 Å². The number of hydrogen-bond acceptors (Lipinski definition) is 9. The molecule has 0 spiro atoms. The third kappa shape index (κ3) is 7.34. The first kappa shape index (κ1) is 25.8. The second kappa shape index (κ2) is 12.6. The molecular formula is C25H32N8O2. The Kier molecular flexibility index (Phi) is 9.29. The first-order valence-corrected chi connectivity index (χ1v) is 11.5. The lowest BCUT2D eigenvalue weighted by atomic mass is 10.1. The number of nitrogens with two attached hydrogens (primary N) is 1. The van der Waals surface area contributed by atoms with Gasteiger partial charge in [-0.15, -0.1) is 0 Å². The fraction of sp³-hybridized carbons (Fsp3) is 0.400. The van der Waals surface area contributed by atoms with Crippen molar-refractivity contribution in [2.45, 2.75) is 31.8 Å². The molecule has 0 saturated carbocycles. The zero-order valence-electron chi connectivity index (χ0n) is 20.4. The van der Waals surface area contributed by atoms with Gasteiger partial charge in [-0.2, -0.15) is 5.26 Å². The zero-order chi connectivity index (χ0) is 25.2. The van der Waals surface area contributed by atoms with Crippen LogP contribution in [-0.4, -0.2) is 72.9 Å². The molecule has 1 saturated heterocycles. The summed E-state index contributed by atoms with van der Waals surface area (Å²) in [5.41, 5.74) is 9.30. The van der Waals surface area contributed by atoms with Gasteiger partial charge >= 0.3 is 0 Å². The molecule has 10 heteroatoms. The number of ether oxygens (including phenoxy) is 1. The molecule has 10 nitrogen and oxygen atoms in total. The standard InChI is InChI=1S/C25H32N8O2/c1-17-14-29-25(31-21(12-26)15-28-20-8-10-33(2)11-9-20)32-23(17)18-4-6-19(7-5-18)24(34)30-22(13-27)16-35-3/h4-7,12,14-15,20,22H,8-11,16,26H2,1-3H3,(H,30,34)(H,29,31,32)/b21-12+,28-15?/t22-/m1/s1. The number of likely N-dealkylation sites (tertiary alicyclic amines) is 1. The second-order valence-electron chi connectivity index (χ2n) is 8.47. The predicted molar refractivity (Wildman–Crippen MR) is 136 cm³/mol. The Bertz CT molecular complexity index is 1100. The number of aromatic nitrogens is 2. The number of nitrogens with one attached hydrogen (secondary N) is 2. The minimum absolute atomic E-state index is 0.123. The van der Waals surface area contributed by atoms with Gasteiger partial charge in [0.15, 0.2) is 0 Å². The van der Waals surface area contributed by atoms with Gasteiger partial charge in [-0.05, 0) is 57.6 Å². The summed E-state index contributed by atoms with van der Waals surface area (Å²) in [4.78, 5) is 28.4. The highest BCUT2D eigenvalue weighted by molar-refractivity contribution is 5.95. The number of benzene rings is 1. The zero-order valence-corrected chi connectivity index (χ0v) is 20.4. The number of aryl methyl sites for hydroxylation is 1. The number of amides is 1. The predicted octanol–water partition coefficient (Wildman–Crippen LogP) is 2.10. The van der Waals surface area contributed by atoms with Crippen LogP contribution in [0.4, 0.5) is 5.95 Å². The van der Waals surface area contributed by atoms with E-state index in [9.17, 15) is 4.79 Å². The molecule has 184 valence electrons. The summed E-state index contributed by atoms with van der Waals surface area (Å²) in [5, 5.41) is 14.9. The van der Waals surface area contributed by atoms with E-state index in [0.717, 1.165) is 42.8 Å². The van der Waals surface area contributed by atoms with Crippen LogP contribution in [0.5, 0.6) is 0 Å². The Morgan fingerprint density at radius 2 is 2.09 bits per heavy atom. The lowest BCUT2D eigenvalue weighted by Gasteiger charge is -2.26. The largest absolute Gasteiger partial charge is 0.403 e. The van der Waals surface area contributed by atoms with E-state index in [2.05, 4.69) is 37.5 Å². The summed E-state index contributed by atoms with van der Waals surface area (Å²) in [5.74, 6) is 0.0545. The van der Waals surface area contributed by atoms with Crippen molar-refractivity contribution in [3.05, 3.63) is 53.5 Å². The van der Waals surface area contributed by atoms with Crippen LogP contribution in [0.3, 0.4) is 0 Å². The molecule has 4 N–H and O–H groups in total. The quantitative estimate of drug-likeness (QED) is 0.467. The van der Waals surface area contributed by atoms with Gasteiger partial charge in [0, 0.05) is 36.8 Å². The molecule has 0 bridgehead atoms. The Morgan fingerprint density at radius 1 is 1.37 bits per heavy atom. The van der Waals surface area contributed by atoms with E-state index in [-0.39, 0.29) is 18.6 Å². The maximum atomic E-state index is 12.4. The number of allylic oxidation sites excluding steroid dienone is 1. The number of aliphatic imine (C=N–C) groups is 1. The Labute approximate surface area is 205 Å². The van der Waals surface area contributed by atoms with Gasteiger partial charge in [0.05, 0.1) is 30.1 Å². The number of carbonyl (C=O) groups excluding carboxylic acids is 1. The fourth-order valence-corrected chi connectivity index (χ4v) is 3.67. The molecule has 1 fully saturated rings. The van der Waals surface area contributed by atoms with Crippen molar-refractivity contribution in [3.63, 3.8) is 0 Å². The molecule has 1 amide bonds. The highest BCUT2D eigenvalue weighted by Gasteiger charge is 2.16. The van der Waals surface area contributed by atoms with Crippen molar-refractivity contribution >= 4 is 18.1 Å². The van der Waals surface area contributed by atoms with Crippen molar-refractivity contribution in [1.29, 1.82) is 5.26 Å². The minimum Gasteiger partial charge on any atom is -0.403 e. The number of hydrogen-bond donors (Lipinski definition) is 3. The Balaban J connectivity index is 1.69. The molecule has 1 aliphatic rings. The van der Waals surface area contributed by atoms with Gasteiger partial charge in [0.1, 0.15) is 6.04 Å². The van der Waals surface area contributed by atoms with E-state index in [1.807, 2.05) is 25.1 Å². The highest BCUT2D eigenvalue weighted by Crippen LogP contribution is 2.23. The number of carbonyl (C=O) groups is 1. The van der Waals surface area contributed by atoms with Gasteiger partial charge in [0.2, 0.25) is 5.95 Å². The van der Waals surface area contributed by atoms with E-state index in [0.29, 0.717) is 17.2 Å². The maximum Gasteiger partial charge on any atom is 0.252 e. The lowest BCUT2D eigenvalue weighted by Crippen LogP contribution is -2.36. The number of nitrogens with zero attached hydrogens (tertiary/aromatic N) is 5. The lowest BCUT2D eigenvalue weighted by molar-refractivity contribution is 0.0918. The molecule has 1 aromatic carbocycles. The first-order chi connectivity index (χ1) is 16.9. The number of piperidine rings is 1. The first-order valence-electron chi connectivity index (χ1n) is 11.5. The van der Waals surface area contributed by atoms with Gasteiger partial charge in [-0.3, -0.25) is 9.79 Å². The van der Waals surface area contributed by atoms with Crippen LogP contribution in [0.15, 0.2) is 47.4 Å². The van der Waals surface area contributed by atoms with Crippen LogP contribution < -0.4 is 16.4 Å². The number of nitriles is 1. The molecule has 1 atom stereocenters. The van der Waals surface area contributed by atoms with Crippen molar-refractivity contribution in [3.8, 4) is 17.3 Å². The van der Waals surface area contributed by atoms with Crippen LogP contribution in [-0.2, 0) is 4.74 Å². The molecule has 1 aliphatic heterocycles. The van der Waals surface area contributed by atoms with Crippen LogP contribution in [0.1, 0.15) is 28.8 Å². The van der Waals surface area contributed by atoms with Crippen molar-refractivity contribution in [2.75, 3.05) is 39.2 Å². The summed E-state index contributed by atoms with van der Waals surface area (Å²) in [6.45, 7) is 4.11. The van der Waals surface area contributed by atoms with Gasteiger partial charge in [-0.1, -0.05) is 12.1 Å². The fourth-order valence-electron chi connectivity index (χ4n) is 3.67. The summed E-state index contributed by atoms with van der Waals surface area (Å²) in [6, 6.07) is 8.59. The molecule has 2 heterocycles. The Morgan fingerprint density at radius 3 is 2.71 bits per heavy atom. The van der Waals surface area contributed by atoms with Crippen molar-refractivity contribution in [1.82, 2.24) is 20.2 Å². The number of methoxy groups -OCH3 is 1. The van der Waals surface area contributed by atoms with E-state index >= 15 is 0 Å². The number of anilines is 1. The molecule has 2 aromatic rings. The van der Waals surface area contributed by atoms with E-state index < -0.39 is 6.04 Å². The number of rotatable bonds is 9. The summed E-state index contributed by atoms with van der Waals surface area (Å²) in [6.07, 6.45) is 6.97. The average Bonchev–Trinajstić information content (AvgIpc) is 2.88. The summed E-state index contributed by atoms with van der Waals surface area (Å²) < 4.78 is 4.94. The Hall–Kier alpha value is -3.81. The molecule has 35 heavy (non-hydrogen) atoms. The highest BCUT2D eigenvalue weighted by atomic mass is 16.5. The third-order valence-electron chi connectivity index (χ3n) is 5.73. The van der Waals surface area contributed by atoms with Crippen molar-refractivity contribution in [2.24, 2.45) is 10.7 Å². The molecule has 0 aliphatic carbocycles. The van der Waals surface area contributed by atoms with Crippen molar-refractivity contribution < 1.29 is 9.53 Å². The SMILES string of the molecule is COC[C@@H](C#N)NC(=O)c1ccc(-c2nc(N/C(C=NC3CCN(C)CC3)=C/N)ncc2C)cc1. The van der Waals surface area contributed by atoms with E-state index in [4.69, 9.17) is 15.7 Å². The van der Waals surface area contributed by atoms with Crippen LogP contribution >= 0.6 is 0 Å². The molecule has 0 radical (unpaired) electrons. The van der Waals surface area contributed by atoms with E-state index in [1.54, 1.807) is 24.5 Å². The maximum absolute atomic E-state index is 12.4. The summed E-state index contributed by atoms with van der Waals surface area (Å²) >= 11 is 0. The molecule has 1 aromatic heterocycles. The van der Waals surface area contributed by atoms with Gasteiger partial charge < -0.3 is 26.0 Å². The smallest absolute Gasteiger partial charge is 0.252 e. The van der Waals surface area contributed by atoms with E-state index in [1.165, 1.54) is 13.3 Å².